The Kier molecular flexibility index (Phi) is 12.5. The van der Waals surface area contributed by atoms with Crippen LogP contribution >= 0.6 is 24.0 Å². The molecular formula is C17H35IN4O. The van der Waals surface area contributed by atoms with Crippen molar-refractivity contribution in [2.45, 2.75) is 64.8 Å². The van der Waals surface area contributed by atoms with Crippen LogP contribution < -0.4 is 10.6 Å². The van der Waals surface area contributed by atoms with Crippen LogP contribution in [0.3, 0.4) is 0 Å². The van der Waals surface area contributed by atoms with Crippen LogP contribution in [0.4, 0.5) is 0 Å². The van der Waals surface area contributed by atoms with E-state index in [0.717, 1.165) is 31.3 Å². The van der Waals surface area contributed by atoms with Crippen LogP contribution in [0, 0.1) is 5.92 Å². The summed E-state index contributed by atoms with van der Waals surface area (Å²) in [5, 5.41) is 6.90. The van der Waals surface area contributed by atoms with Gasteiger partial charge >= 0.3 is 0 Å². The molecule has 0 aromatic rings. The smallest absolute Gasteiger partial charge is 0.243 e. The second kappa shape index (κ2) is 12.8. The molecule has 2 N–H and O–H groups in total. The topological polar surface area (TPSA) is 56.7 Å². The van der Waals surface area contributed by atoms with E-state index in [1.807, 2.05) is 0 Å². The van der Waals surface area contributed by atoms with Crippen molar-refractivity contribution in [3.8, 4) is 0 Å². The second-order valence-electron chi connectivity index (χ2n) is 6.52. The lowest BCUT2D eigenvalue weighted by atomic mass is 9.84. The fourth-order valence-electron chi connectivity index (χ4n) is 2.81. The quantitative estimate of drug-likeness (QED) is 0.278. The van der Waals surface area contributed by atoms with Crippen LogP contribution in [0.1, 0.15) is 58.8 Å². The Balaban J connectivity index is 0.00000484. The van der Waals surface area contributed by atoms with E-state index in [-0.39, 0.29) is 36.4 Å². The van der Waals surface area contributed by atoms with E-state index in [0.29, 0.717) is 6.04 Å². The summed E-state index contributed by atoms with van der Waals surface area (Å²) in [4.78, 5) is 17.8. The van der Waals surface area contributed by atoms with Gasteiger partial charge in [-0.05, 0) is 25.2 Å². The molecule has 2 unspecified atom stereocenters. The van der Waals surface area contributed by atoms with Crippen molar-refractivity contribution in [1.82, 2.24) is 15.5 Å². The van der Waals surface area contributed by atoms with Crippen molar-refractivity contribution in [2.24, 2.45) is 10.9 Å². The maximum absolute atomic E-state index is 11.7. The molecule has 1 fully saturated rings. The van der Waals surface area contributed by atoms with Crippen molar-refractivity contribution >= 4 is 35.8 Å². The minimum atomic E-state index is 0. The Morgan fingerprint density at radius 2 is 2.00 bits per heavy atom. The molecule has 0 radical (unpaired) electrons. The summed E-state index contributed by atoms with van der Waals surface area (Å²) in [6, 6.07) is 0.487. The molecule has 1 amide bonds. The number of carbonyl (C=O) groups is 1. The summed E-state index contributed by atoms with van der Waals surface area (Å²) >= 11 is 0. The van der Waals surface area contributed by atoms with Gasteiger partial charge < -0.3 is 15.5 Å². The predicted molar refractivity (Wildman–Crippen MR) is 108 cm³/mol. The van der Waals surface area contributed by atoms with Crippen LogP contribution in [0.15, 0.2) is 4.99 Å². The van der Waals surface area contributed by atoms with E-state index < -0.39 is 0 Å². The lowest BCUT2D eigenvalue weighted by molar-refractivity contribution is -0.127. The lowest BCUT2D eigenvalue weighted by Gasteiger charge is -2.30. The van der Waals surface area contributed by atoms with E-state index in [1.165, 1.54) is 32.1 Å². The number of nitrogens with one attached hydrogen (secondary N) is 2. The Hall–Kier alpha value is -0.530. The molecule has 1 saturated carbocycles. The number of hydrogen-bond acceptors (Lipinski definition) is 2. The van der Waals surface area contributed by atoms with Crippen LogP contribution in [-0.2, 0) is 4.79 Å². The molecule has 136 valence electrons. The molecule has 2 atom stereocenters. The van der Waals surface area contributed by atoms with Gasteiger partial charge in [0.2, 0.25) is 5.91 Å². The number of amides is 1. The molecule has 0 spiro atoms. The minimum Gasteiger partial charge on any atom is -0.356 e. The lowest BCUT2D eigenvalue weighted by Crippen LogP contribution is -2.46. The van der Waals surface area contributed by atoms with Gasteiger partial charge in [-0.15, -0.1) is 24.0 Å². The molecule has 0 bridgehead atoms. The Bertz CT molecular complexity index is 361. The second-order valence-corrected chi connectivity index (χ2v) is 6.52. The molecule has 23 heavy (non-hydrogen) atoms. The first-order valence-corrected chi connectivity index (χ1v) is 8.81. The zero-order chi connectivity index (χ0) is 16.4. The van der Waals surface area contributed by atoms with E-state index in [1.54, 1.807) is 19.0 Å². The summed E-state index contributed by atoms with van der Waals surface area (Å²) in [6.07, 6.45) is 8.58. The predicted octanol–water partition coefficient (Wildman–Crippen LogP) is 3.00. The highest BCUT2D eigenvalue weighted by Crippen LogP contribution is 2.26. The third-order valence-corrected chi connectivity index (χ3v) is 4.40. The van der Waals surface area contributed by atoms with Gasteiger partial charge in [0, 0.05) is 26.7 Å². The number of guanidine groups is 1. The summed E-state index contributed by atoms with van der Waals surface area (Å²) in [5.41, 5.74) is 0. The Labute approximate surface area is 159 Å². The first-order valence-electron chi connectivity index (χ1n) is 8.81. The van der Waals surface area contributed by atoms with Gasteiger partial charge in [-0.2, -0.15) is 0 Å². The maximum atomic E-state index is 11.7. The molecule has 0 saturated heterocycles. The zero-order valence-electron chi connectivity index (χ0n) is 15.2. The average molecular weight is 438 g/mol. The summed E-state index contributed by atoms with van der Waals surface area (Å²) in [6.45, 7) is 5.56. The van der Waals surface area contributed by atoms with Crippen molar-refractivity contribution in [3.05, 3.63) is 0 Å². The minimum absolute atomic E-state index is 0. The number of likely N-dealkylation sites (N-methyl/N-ethyl adjacent to an activating group) is 1. The average Bonchev–Trinajstić information content (AvgIpc) is 2.52. The van der Waals surface area contributed by atoms with Gasteiger partial charge in [-0.3, -0.25) is 4.79 Å². The molecule has 6 heteroatoms. The zero-order valence-corrected chi connectivity index (χ0v) is 17.6. The number of carbonyl (C=O) groups excluding carboxylic acids is 1. The van der Waals surface area contributed by atoms with Gasteiger partial charge in [0.25, 0.3) is 0 Å². The monoisotopic (exact) mass is 438 g/mol. The number of nitrogens with zero attached hydrogens (tertiary/aromatic N) is 2. The fraction of sp³-hybridized carbons (Fsp3) is 0.882. The van der Waals surface area contributed by atoms with E-state index in [9.17, 15) is 4.79 Å². The van der Waals surface area contributed by atoms with Gasteiger partial charge in [0.15, 0.2) is 5.96 Å². The Morgan fingerprint density at radius 3 is 2.61 bits per heavy atom. The fourth-order valence-corrected chi connectivity index (χ4v) is 2.81. The van der Waals surface area contributed by atoms with Crippen molar-refractivity contribution in [2.75, 3.05) is 27.2 Å². The number of aliphatic imine (C=N–C) groups is 1. The van der Waals surface area contributed by atoms with E-state index >= 15 is 0 Å². The number of rotatable bonds is 7. The van der Waals surface area contributed by atoms with E-state index in [4.69, 9.17) is 0 Å². The molecule has 5 nitrogen and oxygen atoms in total. The van der Waals surface area contributed by atoms with Crippen molar-refractivity contribution in [1.29, 1.82) is 0 Å². The first-order chi connectivity index (χ1) is 10.6. The van der Waals surface area contributed by atoms with Gasteiger partial charge in [0.05, 0.1) is 0 Å². The molecular weight excluding hydrogens is 403 g/mol. The molecule has 0 heterocycles. The standard InChI is InChI=1S/C17H34N4O.HI/c1-5-7-11-18-17(19-13-16(22)21(3)4)20-15-10-8-9-14(6-2)12-15;/h14-15H,5-13H2,1-4H3,(H2,18,19,20);1H. The summed E-state index contributed by atoms with van der Waals surface area (Å²) < 4.78 is 0. The Morgan fingerprint density at radius 1 is 1.26 bits per heavy atom. The molecule has 1 aliphatic carbocycles. The van der Waals surface area contributed by atoms with Gasteiger partial charge in [-0.1, -0.05) is 39.5 Å². The van der Waals surface area contributed by atoms with E-state index in [2.05, 4.69) is 29.5 Å². The number of halogens is 1. The summed E-state index contributed by atoms with van der Waals surface area (Å²) in [5.74, 6) is 1.66. The van der Waals surface area contributed by atoms with Crippen LogP contribution in [0.2, 0.25) is 0 Å². The largest absolute Gasteiger partial charge is 0.356 e. The van der Waals surface area contributed by atoms with Crippen molar-refractivity contribution in [3.63, 3.8) is 0 Å². The maximum Gasteiger partial charge on any atom is 0.243 e. The third-order valence-electron chi connectivity index (χ3n) is 4.40. The molecule has 1 aliphatic rings. The normalized spacial score (nSPS) is 21.3. The highest BCUT2D eigenvalue weighted by molar-refractivity contribution is 14.0. The third kappa shape index (κ3) is 9.37. The molecule has 1 rings (SSSR count). The first kappa shape index (κ1) is 22.5. The van der Waals surface area contributed by atoms with Crippen LogP contribution in [0.5, 0.6) is 0 Å². The molecule has 0 aromatic carbocycles. The van der Waals surface area contributed by atoms with Crippen LogP contribution in [-0.4, -0.2) is 50.0 Å². The molecule has 0 aromatic heterocycles. The van der Waals surface area contributed by atoms with Crippen LogP contribution in [0.25, 0.3) is 0 Å². The summed E-state index contributed by atoms with van der Waals surface area (Å²) in [7, 11) is 3.53. The SMILES string of the molecule is CCCCNC(=NCC(=O)N(C)C)NC1CCCC(CC)C1.I. The molecule has 0 aliphatic heterocycles. The van der Waals surface area contributed by atoms with Gasteiger partial charge in [0.1, 0.15) is 6.54 Å². The number of unbranched alkanes of at least 4 members (excludes halogenated alkanes) is 1. The highest BCUT2D eigenvalue weighted by atomic mass is 127. The van der Waals surface area contributed by atoms with Gasteiger partial charge in [-0.25, -0.2) is 4.99 Å². The number of hydrogen-bond donors (Lipinski definition) is 2. The highest BCUT2D eigenvalue weighted by Gasteiger charge is 2.21. The van der Waals surface area contributed by atoms with Crippen molar-refractivity contribution < 1.29 is 4.79 Å².